The Morgan fingerprint density at radius 2 is 2.40 bits per heavy atom. The Bertz CT molecular complexity index is 225. The fourth-order valence-corrected chi connectivity index (χ4v) is 0.960. The smallest absolute Gasteiger partial charge is 0.0791 e. The molecule has 1 atom stereocenters. The van der Waals surface area contributed by atoms with Gasteiger partial charge in [-0.15, -0.1) is 0 Å². The average molecular weight is 158 g/mol. The standard InChI is InChI=1S/C7H8ClNO/c1-5(10)6-4-9-3-2-7(6)8/h2-5,10H,1H3/t5-/m0/s1. The van der Waals surface area contributed by atoms with Crippen LogP contribution in [0.15, 0.2) is 18.5 Å². The van der Waals surface area contributed by atoms with Gasteiger partial charge in [0.15, 0.2) is 0 Å². The molecule has 0 radical (unpaired) electrons. The molecule has 1 aromatic heterocycles. The molecule has 1 rings (SSSR count). The molecular formula is C7H8ClNO. The summed E-state index contributed by atoms with van der Waals surface area (Å²) in [7, 11) is 0. The summed E-state index contributed by atoms with van der Waals surface area (Å²) in [6.07, 6.45) is 2.61. The minimum absolute atomic E-state index is 0.541. The van der Waals surface area contributed by atoms with Gasteiger partial charge in [0.1, 0.15) is 0 Å². The van der Waals surface area contributed by atoms with Gasteiger partial charge < -0.3 is 5.11 Å². The Kier molecular flexibility index (Phi) is 2.25. The molecule has 2 nitrogen and oxygen atoms in total. The van der Waals surface area contributed by atoms with Gasteiger partial charge in [-0.3, -0.25) is 4.98 Å². The van der Waals surface area contributed by atoms with Crippen molar-refractivity contribution in [2.75, 3.05) is 0 Å². The first-order valence-corrected chi connectivity index (χ1v) is 3.37. The molecule has 0 unspecified atom stereocenters. The van der Waals surface area contributed by atoms with Crippen LogP contribution in [0.4, 0.5) is 0 Å². The molecule has 0 aliphatic rings. The highest BCUT2D eigenvalue weighted by atomic mass is 35.5. The van der Waals surface area contributed by atoms with E-state index in [4.69, 9.17) is 16.7 Å². The van der Waals surface area contributed by atoms with E-state index in [1.54, 1.807) is 25.4 Å². The lowest BCUT2D eigenvalue weighted by molar-refractivity contribution is 0.199. The zero-order valence-corrected chi connectivity index (χ0v) is 6.34. The van der Waals surface area contributed by atoms with E-state index in [9.17, 15) is 0 Å². The van der Waals surface area contributed by atoms with Crippen molar-refractivity contribution in [3.05, 3.63) is 29.0 Å². The topological polar surface area (TPSA) is 33.1 Å². The SMILES string of the molecule is C[C@H](O)c1cnccc1Cl. The molecule has 0 saturated carbocycles. The third kappa shape index (κ3) is 1.46. The predicted molar refractivity (Wildman–Crippen MR) is 39.9 cm³/mol. The molecule has 0 aliphatic carbocycles. The van der Waals surface area contributed by atoms with E-state index in [1.807, 2.05) is 0 Å². The van der Waals surface area contributed by atoms with Gasteiger partial charge in [0, 0.05) is 23.0 Å². The number of halogens is 1. The van der Waals surface area contributed by atoms with Crippen LogP contribution in [-0.4, -0.2) is 10.1 Å². The van der Waals surface area contributed by atoms with E-state index >= 15 is 0 Å². The van der Waals surface area contributed by atoms with Gasteiger partial charge in [0.05, 0.1) is 6.10 Å². The normalized spacial score (nSPS) is 13.1. The van der Waals surface area contributed by atoms with Gasteiger partial charge >= 0.3 is 0 Å². The Morgan fingerprint density at radius 3 is 2.80 bits per heavy atom. The second kappa shape index (κ2) is 2.99. The van der Waals surface area contributed by atoms with Crippen LogP contribution in [0.2, 0.25) is 5.02 Å². The van der Waals surface area contributed by atoms with Gasteiger partial charge in [-0.05, 0) is 13.0 Å². The van der Waals surface area contributed by atoms with Crippen LogP contribution in [0.1, 0.15) is 18.6 Å². The summed E-state index contributed by atoms with van der Waals surface area (Å²) in [5.74, 6) is 0. The van der Waals surface area contributed by atoms with Crippen molar-refractivity contribution in [3.8, 4) is 0 Å². The summed E-state index contributed by atoms with van der Waals surface area (Å²) >= 11 is 5.72. The Hall–Kier alpha value is -0.600. The highest BCUT2D eigenvalue weighted by Gasteiger charge is 2.03. The maximum absolute atomic E-state index is 9.08. The summed E-state index contributed by atoms with van der Waals surface area (Å²) in [4.78, 5) is 3.82. The molecule has 54 valence electrons. The van der Waals surface area contributed by atoms with Crippen molar-refractivity contribution in [2.45, 2.75) is 13.0 Å². The van der Waals surface area contributed by atoms with E-state index in [0.29, 0.717) is 10.6 Å². The van der Waals surface area contributed by atoms with Crippen LogP contribution >= 0.6 is 11.6 Å². The Labute approximate surface area is 64.5 Å². The lowest BCUT2D eigenvalue weighted by atomic mass is 10.2. The minimum Gasteiger partial charge on any atom is -0.389 e. The molecule has 1 heterocycles. The molecule has 1 N–H and O–H groups in total. The number of aromatic nitrogens is 1. The third-order valence-electron chi connectivity index (χ3n) is 1.25. The van der Waals surface area contributed by atoms with E-state index in [-0.39, 0.29) is 0 Å². The van der Waals surface area contributed by atoms with Crippen molar-refractivity contribution in [3.63, 3.8) is 0 Å². The molecule has 10 heavy (non-hydrogen) atoms. The lowest BCUT2D eigenvalue weighted by Crippen LogP contribution is -1.92. The number of rotatable bonds is 1. The van der Waals surface area contributed by atoms with Gasteiger partial charge in [0.25, 0.3) is 0 Å². The molecule has 0 saturated heterocycles. The van der Waals surface area contributed by atoms with Crippen LogP contribution in [0.5, 0.6) is 0 Å². The number of aliphatic hydroxyl groups excluding tert-OH is 1. The van der Waals surface area contributed by atoms with E-state index < -0.39 is 6.10 Å². The predicted octanol–water partition coefficient (Wildman–Crippen LogP) is 1.79. The van der Waals surface area contributed by atoms with Crippen LogP contribution in [0.25, 0.3) is 0 Å². The van der Waals surface area contributed by atoms with Crippen LogP contribution in [0, 0.1) is 0 Å². The molecule has 0 bridgehead atoms. The molecule has 0 aliphatic heterocycles. The monoisotopic (exact) mass is 157 g/mol. The number of pyridine rings is 1. The first kappa shape index (κ1) is 7.51. The number of hydrogen-bond acceptors (Lipinski definition) is 2. The van der Waals surface area contributed by atoms with Crippen molar-refractivity contribution < 1.29 is 5.11 Å². The number of nitrogens with zero attached hydrogens (tertiary/aromatic N) is 1. The lowest BCUT2D eigenvalue weighted by Gasteiger charge is -2.04. The maximum atomic E-state index is 9.08. The second-order valence-electron chi connectivity index (χ2n) is 2.07. The minimum atomic E-state index is -0.541. The molecular weight excluding hydrogens is 150 g/mol. The molecule has 0 fully saturated rings. The second-order valence-corrected chi connectivity index (χ2v) is 2.48. The molecule has 0 amide bonds. The molecule has 0 aromatic carbocycles. The highest BCUT2D eigenvalue weighted by molar-refractivity contribution is 6.31. The fourth-order valence-electron chi connectivity index (χ4n) is 0.697. The van der Waals surface area contributed by atoms with Crippen molar-refractivity contribution in [1.29, 1.82) is 0 Å². The van der Waals surface area contributed by atoms with Gasteiger partial charge in [-0.25, -0.2) is 0 Å². The number of aliphatic hydroxyl groups is 1. The largest absolute Gasteiger partial charge is 0.389 e. The third-order valence-corrected chi connectivity index (χ3v) is 1.59. The van der Waals surface area contributed by atoms with E-state index in [0.717, 1.165) is 0 Å². The first-order valence-electron chi connectivity index (χ1n) is 2.99. The summed E-state index contributed by atoms with van der Waals surface area (Å²) in [6.45, 7) is 1.66. The zero-order valence-electron chi connectivity index (χ0n) is 5.58. The summed E-state index contributed by atoms with van der Waals surface area (Å²) in [6, 6.07) is 1.66. The average Bonchev–Trinajstić information content (AvgIpc) is 1.88. The maximum Gasteiger partial charge on any atom is 0.0791 e. The molecule has 0 spiro atoms. The van der Waals surface area contributed by atoms with Crippen LogP contribution < -0.4 is 0 Å². The Morgan fingerprint density at radius 1 is 1.70 bits per heavy atom. The van der Waals surface area contributed by atoms with Gasteiger partial charge in [0.2, 0.25) is 0 Å². The summed E-state index contributed by atoms with van der Waals surface area (Å²) in [5, 5.41) is 9.64. The number of hydrogen-bond donors (Lipinski definition) is 1. The van der Waals surface area contributed by atoms with E-state index in [1.165, 1.54) is 0 Å². The summed E-state index contributed by atoms with van der Waals surface area (Å²) in [5.41, 5.74) is 0.671. The van der Waals surface area contributed by atoms with Crippen molar-refractivity contribution in [1.82, 2.24) is 4.98 Å². The quantitative estimate of drug-likeness (QED) is 0.674. The van der Waals surface area contributed by atoms with Crippen LogP contribution in [0.3, 0.4) is 0 Å². The van der Waals surface area contributed by atoms with Crippen LogP contribution in [-0.2, 0) is 0 Å². The first-order chi connectivity index (χ1) is 4.72. The highest BCUT2D eigenvalue weighted by Crippen LogP contribution is 2.20. The molecule has 1 aromatic rings. The van der Waals surface area contributed by atoms with Crippen molar-refractivity contribution in [2.24, 2.45) is 0 Å². The van der Waals surface area contributed by atoms with Gasteiger partial charge in [-0.2, -0.15) is 0 Å². The molecule has 3 heteroatoms. The fraction of sp³-hybridized carbons (Fsp3) is 0.286. The Balaban J connectivity index is 3.03. The zero-order chi connectivity index (χ0) is 7.56. The van der Waals surface area contributed by atoms with Gasteiger partial charge in [-0.1, -0.05) is 11.6 Å². The van der Waals surface area contributed by atoms with E-state index in [2.05, 4.69) is 4.98 Å². The van der Waals surface area contributed by atoms with Crippen molar-refractivity contribution >= 4 is 11.6 Å². The summed E-state index contributed by atoms with van der Waals surface area (Å²) < 4.78 is 0.